The number of fused-ring (bicyclic) bond motifs is 1. The summed E-state index contributed by atoms with van der Waals surface area (Å²) in [6, 6.07) is 6.06. The number of nitrogens with zero attached hydrogens (tertiary/aromatic N) is 5. The monoisotopic (exact) mass is 446 g/mol. The molecule has 1 atom stereocenters. The Bertz CT molecular complexity index is 1240. The van der Waals surface area contributed by atoms with Crippen LogP contribution in [0.5, 0.6) is 0 Å². The molecule has 31 heavy (non-hydrogen) atoms. The zero-order chi connectivity index (χ0) is 22.8. The van der Waals surface area contributed by atoms with Crippen molar-refractivity contribution in [2.45, 2.75) is 38.3 Å². The third-order valence-corrected chi connectivity index (χ3v) is 7.20. The fraction of sp³-hybridized carbons (Fsp3) is 0.400. The van der Waals surface area contributed by atoms with Gasteiger partial charge in [-0.2, -0.15) is 9.40 Å². The van der Waals surface area contributed by atoms with Crippen LogP contribution in [0.25, 0.3) is 11.0 Å². The van der Waals surface area contributed by atoms with E-state index in [-0.39, 0.29) is 28.9 Å². The Morgan fingerprint density at radius 3 is 2.45 bits per heavy atom. The van der Waals surface area contributed by atoms with Crippen molar-refractivity contribution < 1.29 is 13.2 Å². The first-order valence-electron chi connectivity index (χ1n) is 9.95. The third kappa shape index (κ3) is 4.52. The zero-order valence-electron chi connectivity index (χ0n) is 17.9. The van der Waals surface area contributed by atoms with E-state index in [9.17, 15) is 18.0 Å². The molecule has 10 nitrogen and oxygen atoms in total. The van der Waals surface area contributed by atoms with E-state index in [2.05, 4.69) is 15.4 Å². The van der Waals surface area contributed by atoms with Gasteiger partial charge in [0.1, 0.15) is 18.3 Å². The van der Waals surface area contributed by atoms with E-state index in [0.717, 1.165) is 5.56 Å². The maximum absolute atomic E-state index is 12.6. The number of rotatable bonds is 8. The number of carbonyl (C=O) groups is 1. The van der Waals surface area contributed by atoms with Gasteiger partial charge in [0.25, 0.3) is 5.56 Å². The van der Waals surface area contributed by atoms with Crippen molar-refractivity contribution in [3.8, 4) is 0 Å². The smallest absolute Gasteiger partial charge is 0.264 e. The number of aryl methyl sites for hydroxylation is 1. The van der Waals surface area contributed by atoms with Crippen molar-refractivity contribution >= 4 is 27.0 Å². The first-order valence-corrected chi connectivity index (χ1v) is 11.4. The van der Waals surface area contributed by atoms with E-state index in [1.54, 1.807) is 40.0 Å². The molecule has 0 saturated heterocycles. The SMILES string of the molecule is CCN(CC)S(=O)(=O)c1ccc(C(C)NC(=O)Cn2cnc3c(cnn3C)c2=O)cc1. The van der Waals surface area contributed by atoms with E-state index < -0.39 is 10.0 Å². The summed E-state index contributed by atoms with van der Waals surface area (Å²) in [6.07, 6.45) is 2.75. The summed E-state index contributed by atoms with van der Waals surface area (Å²) in [5, 5.41) is 7.17. The fourth-order valence-corrected chi connectivity index (χ4v) is 4.80. The maximum Gasteiger partial charge on any atom is 0.264 e. The highest BCUT2D eigenvalue weighted by atomic mass is 32.2. The Hall–Kier alpha value is -3.05. The second kappa shape index (κ2) is 8.98. The molecule has 1 amide bonds. The summed E-state index contributed by atoms with van der Waals surface area (Å²) in [7, 11) is -1.85. The number of nitrogens with one attached hydrogen (secondary N) is 1. The number of carbonyl (C=O) groups excluding carboxylic acids is 1. The molecular formula is C20H26N6O4S. The highest BCUT2D eigenvalue weighted by molar-refractivity contribution is 7.89. The van der Waals surface area contributed by atoms with Crippen molar-refractivity contribution in [2.75, 3.05) is 13.1 Å². The molecular weight excluding hydrogens is 420 g/mol. The second-order valence-corrected chi connectivity index (χ2v) is 9.07. The van der Waals surface area contributed by atoms with Crippen molar-refractivity contribution in [3.05, 3.63) is 52.7 Å². The highest BCUT2D eigenvalue weighted by Crippen LogP contribution is 2.19. The summed E-state index contributed by atoms with van der Waals surface area (Å²) in [5.74, 6) is -0.362. The third-order valence-electron chi connectivity index (χ3n) is 5.13. The van der Waals surface area contributed by atoms with Gasteiger partial charge >= 0.3 is 0 Å². The Balaban J connectivity index is 1.70. The highest BCUT2D eigenvalue weighted by Gasteiger charge is 2.22. The molecule has 166 valence electrons. The van der Waals surface area contributed by atoms with Gasteiger partial charge < -0.3 is 5.32 Å². The lowest BCUT2D eigenvalue weighted by molar-refractivity contribution is -0.122. The topological polar surface area (TPSA) is 119 Å². The normalized spacial score (nSPS) is 12.9. The van der Waals surface area contributed by atoms with Crippen LogP contribution in [0.1, 0.15) is 32.4 Å². The molecule has 0 spiro atoms. The van der Waals surface area contributed by atoms with Crippen LogP contribution in [-0.4, -0.2) is 51.1 Å². The molecule has 0 aliphatic heterocycles. The first-order chi connectivity index (χ1) is 14.7. The number of aromatic nitrogens is 4. The van der Waals surface area contributed by atoms with Crippen LogP contribution in [0, 0.1) is 0 Å². The number of hydrogen-bond donors (Lipinski definition) is 1. The largest absolute Gasteiger partial charge is 0.348 e. The standard InChI is InChI=1S/C20H26N6O4S/c1-5-26(6-2)31(29,30)16-9-7-15(8-10-16)14(3)23-18(27)12-25-13-21-19-17(20(25)28)11-22-24(19)4/h7-11,13-14H,5-6,12H2,1-4H3,(H,23,27). The first kappa shape index (κ1) is 22.6. The number of amides is 1. The van der Waals surface area contributed by atoms with Crippen molar-refractivity contribution in [1.29, 1.82) is 0 Å². The molecule has 11 heteroatoms. The molecule has 1 aromatic carbocycles. The van der Waals surface area contributed by atoms with E-state index in [1.807, 2.05) is 0 Å². The van der Waals surface area contributed by atoms with Crippen LogP contribution < -0.4 is 10.9 Å². The van der Waals surface area contributed by atoms with Crippen molar-refractivity contribution in [1.82, 2.24) is 29.0 Å². The quantitative estimate of drug-likeness (QED) is 0.552. The molecule has 1 unspecified atom stereocenters. The van der Waals surface area contributed by atoms with Crippen LogP contribution >= 0.6 is 0 Å². The minimum Gasteiger partial charge on any atom is -0.348 e. The van der Waals surface area contributed by atoms with Gasteiger partial charge in [0.15, 0.2) is 5.65 Å². The van der Waals surface area contributed by atoms with Crippen LogP contribution in [0.15, 0.2) is 46.5 Å². The minimum absolute atomic E-state index is 0.185. The Labute approximate surface area is 180 Å². The zero-order valence-corrected chi connectivity index (χ0v) is 18.8. The van der Waals surface area contributed by atoms with Gasteiger partial charge in [-0.15, -0.1) is 0 Å². The Kier molecular flexibility index (Phi) is 6.56. The minimum atomic E-state index is -3.53. The van der Waals surface area contributed by atoms with Gasteiger partial charge in [-0.25, -0.2) is 13.4 Å². The summed E-state index contributed by atoms with van der Waals surface area (Å²) < 4.78 is 29.3. The number of sulfonamides is 1. The lowest BCUT2D eigenvalue weighted by atomic mass is 10.1. The van der Waals surface area contributed by atoms with E-state index >= 15 is 0 Å². The van der Waals surface area contributed by atoms with Crippen LogP contribution in [0.4, 0.5) is 0 Å². The number of benzene rings is 1. The molecule has 2 heterocycles. The van der Waals surface area contributed by atoms with Crippen molar-refractivity contribution in [2.24, 2.45) is 7.05 Å². The lowest BCUT2D eigenvalue weighted by Gasteiger charge is -2.19. The average molecular weight is 447 g/mol. The van der Waals surface area contributed by atoms with Gasteiger partial charge in [0.2, 0.25) is 15.9 Å². The Morgan fingerprint density at radius 2 is 1.84 bits per heavy atom. The molecule has 0 bridgehead atoms. The summed E-state index contributed by atoms with van der Waals surface area (Å²) >= 11 is 0. The summed E-state index contributed by atoms with van der Waals surface area (Å²) in [4.78, 5) is 29.3. The molecule has 2 aromatic heterocycles. The molecule has 1 N–H and O–H groups in total. The molecule has 0 saturated carbocycles. The van der Waals surface area contributed by atoms with Crippen LogP contribution in [0.3, 0.4) is 0 Å². The van der Waals surface area contributed by atoms with E-state index in [4.69, 9.17) is 0 Å². The van der Waals surface area contributed by atoms with Crippen molar-refractivity contribution in [3.63, 3.8) is 0 Å². The van der Waals surface area contributed by atoms with Gasteiger partial charge in [0, 0.05) is 20.1 Å². The predicted octanol–water partition coefficient (Wildman–Crippen LogP) is 1.04. The molecule has 0 radical (unpaired) electrons. The molecule has 3 rings (SSSR count). The van der Waals surface area contributed by atoms with Gasteiger partial charge in [-0.3, -0.25) is 18.8 Å². The second-order valence-electron chi connectivity index (χ2n) is 7.13. The Morgan fingerprint density at radius 1 is 1.19 bits per heavy atom. The molecule has 0 aliphatic carbocycles. The predicted molar refractivity (Wildman–Crippen MR) is 116 cm³/mol. The van der Waals surface area contributed by atoms with Gasteiger partial charge in [-0.1, -0.05) is 26.0 Å². The van der Waals surface area contributed by atoms with Gasteiger partial charge in [-0.05, 0) is 24.6 Å². The summed E-state index contributed by atoms with van der Waals surface area (Å²) in [6.45, 7) is 5.98. The molecule has 0 aliphatic rings. The van der Waals surface area contributed by atoms with Gasteiger partial charge in [0.05, 0.1) is 17.1 Å². The number of hydrogen-bond acceptors (Lipinski definition) is 6. The fourth-order valence-electron chi connectivity index (χ4n) is 3.35. The van der Waals surface area contributed by atoms with E-state index in [0.29, 0.717) is 24.1 Å². The van der Waals surface area contributed by atoms with E-state index in [1.165, 1.54) is 38.2 Å². The van der Waals surface area contributed by atoms with Crippen LogP contribution in [0.2, 0.25) is 0 Å². The lowest BCUT2D eigenvalue weighted by Crippen LogP contribution is -2.34. The summed E-state index contributed by atoms with van der Waals surface area (Å²) in [5.41, 5.74) is 0.863. The molecule has 3 aromatic rings. The van der Waals surface area contributed by atoms with Crippen LogP contribution in [-0.2, 0) is 28.4 Å². The maximum atomic E-state index is 12.6. The molecule has 0 fully saturated rings. The average Bonchev–Trinajstić information content (AvgIpc) is 3.12.